The summed E-state index contributed by atoms with van der Waals surface area (Å²) in [6.45, 7) is 6.45. The molecule has 2 aliphatic heterocycles. The Hall–Kier alpha value is -3.60. The van der Waals surface area contributed by atoms with Gasteiger partial charge in [-0.05, 0) is 43.0 Å². The van der Waals surface area contributed by atoms with Crippen molar-refractivity contribution in [3.05, 3.63) is 59.7 Å². The van der Waals surface area contributed by atoms with Crippen molar-refractivity contribution in [2.45, 2.75) is 51.2 Å². The number of nitrogens with zero attached hydrogens (tertiary/aromatic N) is 1. The lowest BCUT2D eigenvalue weighted by atomic mass is 9.83. The maximum Gasteiger partial charge on any atom is 0.223 e. The minimum atomic E-state index is -0.976. The second kappa shape index (κ2) is 14.7. The van der Waals surface area contributed by atoms with Crippen LogP contribution in [0.2, 0.25) is 0 Å². The summed E-state index contributed by atoms with van der Waals surface area (Å²) in [4.78, 5) is 55.3. The molecule has 43 heavy (non-hydrogen) atoms. The number of benzene rings is 2. The second-order valence-corrected chi connectivity index (χ2v) is 11.7. The van der Waals surface area contributed by atoms with Gasteiger partial charge in [0.2, 0.25) is 5.91 Å². The summed E-state index contributed by atoms with van der Waals surface area (Å²) in [6, 6.07) is 13.3. The monoisotopic (exact) mass is 594 g/mol. The van der Waals surface area contributed by atoms with Crippen molar-refractivity contribution < 1.29 is 38.5 Å². The number of rotatable bonds is 16. The van der Waals surface area contributed by atoms with Crippen LogP contribution < -0.4 is 10.1 Å². The number of nitrogens with one attached hydrogen (secondary N) is 1. The first-order chi connectivity index (χ1) is 20.6. The molecule has 2 saturated heterocycles. The van der Waals surface area contributed by atoms with Gasteiger partial charge in [-0.15, -0.1) is 0 Å². The van der Waals surface area contributed by atoms with Crippen LogP contribution in [0.3, 0.4) is 0 Å². The van der Waals surface area contributed by atoms with Crippen LogP contribution in [-0.4, -0.2) is 91.5 Å². The van der Waals surface area contributed by atoms with Crippen molar-refractivity contribution in [1.29, 1.82) is 0 Å². The maximum atomic E-state index is 13.9. The van der Waals surface area contributed by atoms with Gasteiger partial charge in [-0.2, -0.15) is 0 Å². The van der Waals surface area contributed by atoms with Gasteiger partial charge >= 0.3 is 0 Å². The van der Waals surface area contributed by atoms with Crippen molar-refractivity contribution in [2.75, 3.05) is 46.6 Å². The van der Waals surface area contributed by atoms with Crippen molar-refractivity contribution in [2.24, 2.45) is 11.8 Å². The molecule has 2 aromatic carbocycles. The molecule has 0 spiro atoms. The van der Waals surface area contributed by atoms with Gasteiger partial charge in [0.15, 0.2) is 23.1 Å². The van der Waals surface area contributed by atoms with E-state index in [4.69, 9.17) is 14.2 Å². The van der Waals surface area contributed by atoms with Gasteiger partial charge in [0, 0.05) is 37.8 Å². The molecule has 0 unspecified atom stereocenters. The minimum Gasteiger partial charge on any atom is -0.504 e. The number of hydrogen-bond donors (Lipinski definition) is 2. The molecule has 4 atom stereocenters. The van der Waals surface area contributed by atoms with E-state index >= 15 is 0 Å². The molecule has 0 radical (unpaired) electrons. The molecule has 4 rings (SSSR count). The molecule has 0 bridgehead atoms. The third-order valence-electron chi connectivity index (χ3n) is 8.12. The number of aromatic hydroxyl groups is 1. The number of carbonyl (C=O) groups is 4. The minimum absolute atomic E-state index is 0.0399. The average molecular weight is 595 g/mol. The summed E-state index contributed by atoms with van der Waals surface area (Å²) in [6.07, 6.45) is 0.403. The number of methoxy groups -OCH3 is 1. The summed E-state index contributed by atoms with van der Waals surface area (Å²) < 4.78 is 15.9. The molecule has 10 heteroatoms. The lowest BCUT2D eigenvalue weighted by molar-refractivity contribution is -0.134. The van der Waals surface area contributed by atoms with Crippen LogP contribution in [0.15, 0.2) is 48.5 Å². The highest BCUT2D eigenvalue weighted by atomic mass is 16.6. The Bertz CT molecular complexity index is 1290. The zero-order valence-corrected chi connectivity index (χ0v) is 25.2. The van der Waals surface area contributed by atoms with E-state index in [1.807, 2.05) is 35.2 Å². The van der Waals surface area contributed by atoms with E-state index in [2.05, 4.69) is 5.32 Å². The molecule has 2 fully saturated rings. The number of amides is 1. The zero-order valence-electron chi connectivity index (χ0n) is 25.2. The first-order valence-electron chi connectivity index (χ1n) is 14.8. The average Bonchev–Trinajstić information content (AvgIpc) is 3.75. The van der Waals surface area contributed by atoms with Crippen LogP contribution >= 0.6 is 0 Å². The standard InChI is InChI=1S/C33H42N2O8/c1-22(15-26(36)20-35-11-13-42-14-12-35)32(40)34-27(17-24-9-10-30(41-3)29(38)18-24)28(37)19-25(31(39)33(2)21-43-33)16-23-7-5-4-6-8-23/h4-10,18,22,25,27,38H,11-17,19-21H2,1-3H3,(H,34,40)/t22-,25-,27+,33-/m1/s1. The van der Waals surface area contributed by atoms with Gasteiger partial charge in [0.25, 0.3) is 0 Å². The summed E-state index contributed by atoms with van der Waals surface area (Å²) in [5.41, 5.74) is 0.623. The highest BCUT2D eigenvalue weighted by molar-refractivity contribution is 5.97. The Labute approximate surface area is 252 Å². The van der Waals surface area contributed by atoms with Crippen LogP contribution in [0.4, 0.5) is 0 Å². The van der Waals surface area contributed by atoms with Crippen LogP contribution in [0.1, 0.15) is 37.8 Å². The van der Waals surface area contributed by atoms with E-state index in [1.54, 1.807) is 26.0 Å². The fourth-order valence-corrected chi connectivity index (χ4v) is 5.39. The molecular formula is C33H42N2O8. The van der Waals surface area contributed by atoms with Gasteiger partial charge in [0.1, 0.15) is 11.4 Å². The number of epoxide rings is 1. The van der Waals surface area contributed by atoms with Gasteiger partial charge in [0.05, 0.1) is 39.5 Å². The lowest BCUT2D eigenvalue weighted by Crippen LogP contribution is -2.46. The number of phenols is 1. The third-order valence-corrected chi connectivity index (χ3v) is 8.12. The number of hydrogen-bond acceptors (Lipinski definition) is 9. The molecule has 0 aliphatic carbocycles. The number of ketones is 3. The van der Waals surface area contributed by atoms with Crippen molar-refractivity contribution in [3.8, 4) is 11.5 Å². The predicted octanol–water partition coefficient (Wildman–Crippen LogP) is 2.53. The summed E-state index contributed by atoms with van der Waals surface area (Å²) >= 11 is 0. The maximum absolute atomic E-state index is 13.9. The molecule has 1 amide bonds. The number of ether oxygens (including phenoxy) is 3. The number of carbonyl (C=O) groups excluding carboxylic acids is 4. The molecule has 2 aliphatic rings. The van der Waals surface area contributed by atoms with E-state index in [9.17, 15) is 24.3 Å². The summed E-state index contributed by atoms with van der Waals surface area (Å²) in [7, 11) is 1.44. The van der Waals surface area contributed by atoms with Gasteiger partial charge in [-0.1, -0.05) is 43.3 Å². The Morgan fingerprint density at radius 3 is 2.35 bits per heavy atom. The van der Waals surface area contributed by atoms with E-state index < -0.39 is 29.4 Å². The predicted molar refractivity (Wildman–Crippen MR) is 159 cm³/mol. The quantitative estimate of drug-likeness (QED) is 0.281. The number of Topliss-reactive ketones (excluding diaryl/α,β-unsaturated/α-hetero) is 3. The van der Waals surface area contributed by atoms with E-state index in [0.29, 0.717) is 44.9 Å². The fourth-order valence-electron chi connectivity index (χ4n) is 5.39. The van der Waals surface area contributed by atoms with Gasteiger partial charge in [-0.3, -0.25) is 24.1 Å². The lowest BCUT2D eigenvalue weighted by Gasteiger charge is -2.26. The molecule has 2 N–H and O–H groups in total. The van der Waals surface area contributed by atoms with E-state index in [-0.39, 0.29) is 54.7 Å². The summed E-state index contributed by atoms with van der Waals surface area (Å²) in [5.74, 6) is -2.03. The SMILES string of the molecule is COc1ccc(C[C@H](NC(=O)[C@H](C)CC(=O)CN2CCOCC2)C(=O)C[C@@H](Cc2ccccc2)C(=O)[C@@]2(C)CO2)cc1O. The first-order valence-corrected chi connectivity index (χ1v) is 14.8. The number of morpholine rings is 1. The highest BCUT2D eigenvalue weighted by Crippen LogP contribution is 2.33. The van der Waals surface area contributed by atoms with Crippen LogP contribution in [-0.2, 0) is 41.5 Å². The molecular weight excluding hydrogens is 552 g/mol. The molecule has 232 valence electrons. The number of phenolic OH excluding ortho intramolecular Hbond substituents is 1. The van der Waals surface area contributed by atoms with Gasteiger partial charge < -0.3 is 24.6 Å². The van der Waals surface area contributed by atoms with Crippen LogP contribution in [0.5, 0.6) is 11.5 Å². The Balaban J connectivity index is 1.49. The normalized spacial score (nSPS) is 20.4. The molecule has 2 heterocycles. The molecule has 0 aromatic heterocycles. The van der Waals surface area contributed by atoms with E-state index in [1.165, 1.54) is 13.2 Å². The van der Waals surface area contributed by atoms with Crippen molar-refractivity contribution in [1.82, 2.24) is 10.2 Å². The molecule has 10 nitrogen and oxygen atoms in total. The Morgan fingerprint density at radius 1 is 1.02 bits per heavy atom. The summed E-state index contributed by atoms with van der Waals surface area (Å²) in [5, 5.41) is 13.2. The highest BCUT2D eigenvalue weighted by Gasteiger charge is 2.50. The van der Waals surface area contributed by atoms with Gasteiger partial charge in [-0.25, -0.2) is 0 Å². The third kappa shape index (κ3) is 9.19. The topological polar surface area (TPSA) is 135 Å². The smallest absolute Gasteiger partial charge is 0.223 e. The fraction of sp³-hybridized carbons (Fsp3) is 0.515. The van der Waals surface area contributed by atoms with Crippen molar-refractivity contribution >= 4 is 23.3 Å². The van der Waals surface area contributed by atoms with E-state index in [0.717, 1.165) is 5.56 Å². The molecule has 0 saturated carbocycles. The Morgan fingerprint density at radius 2 is 1.72 bits per heavy atom. The van der Waals surface area contributed by atoms with Crippen LogP contribution in [0, 0.1) is 11.8 Å². The largest absolute Gasteiger partial charge is 0.504 e. The van der Waals surface area contributed by atoms with Crippen molar-refractivity contribution in [3.63, 3.8) is 0 Å². The second-order valence-electron chi connectivity index (χ2n) is 11.7. The Kier molecular flexibility index (Phi) is 11.1. The molecule has 2 aromatic rings. The van der Waals surface area contributed by atoms with Crippen LogP contribution in [0.25, 0.3) is 0 Å². The first kappa shape index (κ1) is 32.3. The zero-order chi connectivity index (χ0) is 31.0.